The molecule has 0 atom stereocenters. The molecule has 0 aliphatic carbocycles. The lowest BCUT2D eigenvalue weighted by Gasteiger charge is -2.32. The second-order valence-corrected chi connectivity index (χ2v) is 7.09. The van der Waals surface area contributed by atoms with Gasteiger partial charge in [0, 0.05) is 25.0 Å². The van der Waals surface area contributed by atoms with Gasteiger partial charge in [-0.25, -0.2) is 4.98 Å². The zero-order valence-electron chi connectivity index (χ0n) is 16.4. The Kier molecular flexibility index (Phi) is 6.84. The van der Waals surface area contributed by atoms with E-state index in [1.165, 1.54) is 12.3 Å². The van der Waals surface area contributed by atoms with Gasteiger partial charge in [-0.3, -0.25) is 14.4 Å². The van der Waals surface area contributed by atoms with Crippen LogP contribution in [0.25, 0.3) is 0 Å². The molecule has 1 saturated heterocycles. The van der Waals surface area contributed by atoms with E-state index in [2.05, 4.69) is 15.6 Å². The number of aromatic nitrogens is 1. The predicted molar refractivity (Wildman–Crippen MR) is 109 cm³/mol. The number of carbonyl (C=O) groups excluding carboxylic acids is 2. The number of pyridine rings is 1. The number of hydrogen-bond acceptors (Lipinski definition) is 6. The number of aliphatic carboxylic acids is 1. The number of carboxylic acids is 1. The molecule has 1 fully saturated rings. The normalized spacial score (nSPS) is 14.2. The van der Waals surface area contributed by atoms with Gasteiger partial charge < -0.3 is 25.7 Å². The molecule has 1 aliphatic heterocycles. The number of piperidine rings is 1. The highest BCUT2D eigenvalue weighted by Crippen LogP contribution is 2.30. The molecular formula is C21H24N4O5. The van der Waals surface area contributed by atoms with Gasteiger partial charge in [-0.2, -0.15) is 0 Å². The molecule has 1 aromatic carbocycles. The molecule has 3 rings (SSSR count). The van der Waals surface area contributed by atoms with E-state index in [1.807, 2.05) is 35.2 Å². The topological polar surface area (TPSA) is 132 Å². The van der Waals surface area contributed by atoms with Crippen LogP contribution in [-0.4, -0.2) is 64.1 Å². The van der Waals surface area contributed by atoms with Crippen LogP contribution >= 0.6 is 0 Å². The maximum Gasteiger partial charge on any atom is 0.322 e. The summed E-state index contributed by atoms with van der Waals surface area (Å²) in [6.07, 6.45) is 2.97. The Morgan fingerprint density at radius 1 is 1.10 bits per heavy atom. The highest BCUT2D eigenvalue weighted by molar-refractivity contribution is 5.96. The molecule has 0 unspecified atom stereocenters. The van der Waals surface area contributed by atoms with Gasteiger partial charge in [-0.1, -0.05) is 18.2 Å². The number of amides is 2. The van der Waals surface area contributed by atoms with Gasteiger partial charge in [0.25, 0.3) is 5.91 Å². The summed E-state index contributed by atoms with van der Waals surface area (Å²) >= 11 is 0. The van der Waals surface area contributed by atoms with E-state index in [1.54, 1.807) is 0 Å². The minimum atomic E-state index is -1.18. The summed E-state index contributed by atoms with van der Waals surface area (Å²) in [5.41, 5.74) is 1.48. The summed E-state index contributed by atoms with van der Waals surface area (Å²) in [6, 6.07) is 11.0. The summed E-state index contributed by atoms with van der Waals surface area (Å²) < 4.78 is 0. The van der Waals surface area contributed by atoms with Crippen molar-refractivity contribution >= 4 is 23.5 Å². The molecule has 2 amide bonds. The molecule has 30 heavy (non-hydrogen) atoms. The summed E-state index contributed by atoms with van der Waals surface area (Å²) in [5.74, 6) is -2.07. The first-order chi connectivity index (χ1) is 14.4. The lowest BCUT2D eigenvalue weighted by molar-refractivity contribution is -0.135. The first-order valence-electron chi connectivity index (χ1n) is 9.69. The molecule has 2 heterocycles. The van der Waals surface area contributed by atoms with Crippen molar-refractivity contribution in [2.45, 2.75) is 18.8 Å². The van der Waals surface area contributed by atoms with E-state index in [4.69, 9.17) is 5.11 Å². The van der Waals surface area contributed by atoms with Crippen LogP contribution in [0.1, 0.15) is 34.8 Å². The monoisotopic (exact) mass is 412 g/mol. The summed E-state index contributed by atoms with van der Waals surface area (Å²) in [5, 5.41) is 24.0. The molecule has 4 N–H and O–H groups in total. The predicted octanol–water partition coefficient (Wildman–Crippen LogP) is 1.42. The van der Waals surface area contributed by atoms with E-state index >= 15 is 0 Å². The van der Waals surface area contributed by atoms with Crippen molar-refractivity contribution in [1.82, 2.24) is 15.2 Å². The number of carbonyl (C=O) groups is 3. The Bertz CT molecular complexity index is 911. The fourth-order valence-electron chi connectivity index (χ4n) is 3.41. The first-order valence-corrected chi connectivity index (χ1v) is 9.69. The van der Waals surface area contributed by atoms with Crippen LogP contribution in [0.5, 0.6) is 5.75 Å². The Hall–Kier alpha value is -3.62. The van der Waals surface area contributed by atoms with Gasteiger partial charge in [-0.15, -0.1) is 0 Å². The van der Waals surface area contributed by atoms with Crippen LogP contribution in [0.3, 0.4) is 0 Å². The van der Waals surface area contributed by atoms with Crippen LogP contribution in [0.4, 0.5) is 5.69 Å². The lowest BCUT2D eigenvalue weighted by Crippen LogP contribution is -2.40. The van der Waals surface area contributed by atoms with Crippen molar-refractivity contribution in [3.05, 3.63) is 53.9 Å². The third-order valence-electron chi connectivity index (χ3n) is 5.04. The molecule has 2 aromatic rings. The van der Waals surface area contributed by atoms with Crippen LogP contribution in [0, 0.1) is 0 Å². The van der Waals surface area contributed by atoms with E-state index in [-0.39, 0.29) is 29.8 Å². The van der Waals surface area contributed by atoms with Crippen molar-refractivity contribution < 1.29 is 24.6 Å². The molecular weight excluding hydrogens is 388 g/mol. The smallest absolute Gasteiger partial charge is 0.322 e. The standard InChI is InChI=1S/C21H24N4O5/c26-17-10-15(11-23-20(17)21(30)24-13-19(28)29)14-6-8-25(9-7-14)18(27)12-22-16-4-2-1-3-5-16/h1-5,10-11,14,22,26H,6-9,12-13H2,(H,24,30)(H,28,29). The van der Waals surface area contributed by atoms with Gasteiger partial charge >= 0.3 is 5.97 Å². The SMILES string of the molecule is O=C(O)CNC(=O)c1ncc(C2CCN(C(=O)CNc3ccccc3)CC2)cc1O. The van der Waals surface area contributed by atoms with Crippen molar-refractivity contribution in [2.24, 2.45) is 0 Å². The van der Waals surface area contributed by atoms with Gasteiger partial charge in [0.15, 0.2) is 5.69 Å². The number of nitrogens with one attached hydrogen (secondary N) is 2. The van der Waals surface area contributed by atoms with Crippen LogP contribution in [-0.2, 0) is 9.59 Å². The molecule has 158 valence electrons. The minimum Gasteiger partial charge on any atom is -0.505 e. The molecule has 0 bridgehead atoms. The molecule has 1 aliphatic rings. The van der Waals surface area contributed by atoms with Gasteiger partial charge in [0.1, 0.15) is 12.3 Å². The van der Waals surface area contributed by atoms with E-state index in [0.29, 0.717) is 13.1 Å². The zero-order valence-corrected chi connectivity index (χ0v) is 16.4. The fourth-order valence-corrected chi connectivity index (χ4v) is 3.41. The van der Waals surface area contributed by atoms with Gasteiger partial charge in [0.05, 0.1) is 6.54 Å². The molecule has 1 aromatic heterocycles. The largest absolute Gasteiger partial charge is 0.505 e. The maximum atomic E-state index is 12.4. The number of likely N-dealkylation sites (tertiary alicyclic amines) is 1. The maximum absolute atomic E-state index is 12.4. The average Bonchev–Trinajstić information content (AvgIpc) is 2.76. The number of para-hydroxylation sites is 1. The summed E-state index contributed by atoms with van der Waals surface area (Å²) in [4.78, 5) is 40.7. The van der Waals surface area contributed by atoms with Gasteiger partial charge in [0.2, 0.25) is 5.91 Å². The molecule has 9 nitrogen and oxygen atoms in total. The van der Waals surface area contributed by atoms with E-state index in [9.17, 15) is 19.5 Å². The highest BCUT2D eigenvalue weighted by atomic mass is 16.4. The van der Waals surface area contributed by atoms with Crippen LogP contribution < -0.4 is 10.6 Å². The van der Waals surface area contributed by atoms with Crippen molar-refractivity contribution in [3.8, 4) is 5.75 Å². The fraction of sp³-hybridized carbons (Fsp3) is 0.333. The van der Waals surface area contributed by atoms with Gasteiger partial charge in [-0.05, 0) is 42.5 Å². The van der Waals surface area contributed by atoms with Crippen molar-refractivity contribution in [2.75, 3.05) is 31.5 Å². The van der Waals surface area contributed by atoms with E-state index in [0.717, 1.165) is 24.1 Å². The second kappa shape index (κ2) is 9.73. The Morgan fingerprint density at radius 2 is 1.80 bits per heavy atom. The Morgan fingerprint density at radius 3 is 2.43 bits per heavy atom. The highest BCUT2D eigenvalue weighted by Gasteiger charge is 2.25. The minimum absolute atomic E-state index is 0.0312. The second-order valence-electron chi connectivity index (χ2n) is 7.09. The zero-order chi connectivity index (χ0) is 21.5. The first kappa shape index (κ1) is 21.1. The van der Waals surface area contributed by atoms with Crippen molar-refractivity contribution in [3.63, 3.8) is 0 Å². The summed E-state index contributed by atoms with van der Waals surface area (Å²) in [7, 11) is 0. The lowest BCUT2D eigenvalue weighted by atomic mass is 9.90. The third kappa shape index (κ3) is 5.47. The number of nitrogens with zero attached hydrogens (tertiary/aromatic N) is 2. The Labute approximate surface area is 173 Å². The molecule has 0 saturated carbocycles. The number of benzene rings is 1. The quantitative estimate of drug-likeness (QED) is 0.541. The summed E-state index contributed by atoms with van der Waals surface area (Å²) in [6.45, 7) is 0.883. The number of hydrogen-bond donors (Lipinski definition) is 4. The van der Waals surface area contributed by atoms with E-state index < -0.39 is 18.4 Å². The number of aromatic hydroxyl groups is 1. The van der Waals surface area contributed by atoms with Crippen LogP contribution in [0.2, 0.25) is 0 Å². The van der Waals surface area contributed by atoms with Crippen LogP contribution in [0.15, 0.2) is 42.6 Å². The number of carboxylic acid groups (broad SMARTS) is 1. The number of anilines is 1. The molecule has 0 spiro atoms. The molecule has 9 heteroatoms. The average molecular weight is 412 g/mol. The third-order valence-corrected chi connectivity index (χ3v) is 5.04. The Balaban J connectivity index is 1.52. The number of rotatable bonds is 7. The van der Waals surface area contributed by atoms with Crippen molar-refractivity contribution in [1.29, 1.82) is 0 Å². The molecule has 0 radical (unpaired) electrons.